The van der Waals surface area contributed by atoms with Gasteiger partial charge in [-0.15, -0.1) is 0 Å². The first-order valence-electron chi connectivity index (χ1n) is 21.2. The Labute approximate surface area is 372 Å². The number of allylic oxidation sites excluding steroid dienone is 4. The number of halogens is 3. The molecule has 11 atom stereocenters. The first-order valence-corrected chi connectivity index (χ1v) is 22.2. The molecule has 0 unspecified atom stereocenters. The molecule has 2 aromatic heterocycles. The van der Waals surface area contributed by atoms with Gasteiger partial charge >= 0.3 is 5.97 Å². The molecule has 4 aliphatic rings. The standard InChI is InChI=1S/C27H29F3O6S.C21H24N2O4/c1-14-9-16-17-11-19(29)18-10-15(31)6-7-24(18,2)26(17,30)21(32)12-25(16,3)27(14,23(34)37-13-28)36-22(33)20-5-4-8-35-20;1-13(11-14-3-5-15(27-2)6-4-14)22-12-19(25)16-7-9-18(24)21-17(16)8-10-20(26)23-21/h4-8,10,14,16-17,19,21,32H,9,11-13H2,1-3H3;3-10,13,19,22,24-25H,11-12H2,1-2H3,(H,23,26)/t14-,16+,17+,19+,21+,24+,25+,26+,27+;13-,19+/m11/s1. The molecule has 0 saturated heterocycles. The van der Waals surface area contributed by atoms with Gasteiger partial charge in [0.05, 0.1) is 31.1 Å². The van der Waals surface area contributed by atoms with Gasteiger partial charge in [0.25, 0.3) is 0 Å². The number of ketones is 1. The maximum atomic E-state index is 17.4. The summed E-state index contributed by atoms with van der Waals surface area (Å²) in [5.74, 6) is -3.16. The summed E-state index contributed by atoms with van der Waals surface area (Å²) in [5.41, 5.74) is -5.31. The molecule has 3 fully saturated rings. The molecular formula is C48H53F3N2O10S. The number of H-pyrrole nitrogens is 1. The summed E-state index contributed by atoms with van der Waals surface area (Å²) >= 11 is 0.352. The van der Waals surface area contributed by atoms with Gasteiger partial charge in [-0.3, -0.25) is 14.4 Å². The lowest BCUT2D eigenvalue weighted by Gasteiger charge is -2.63. The number of esters is 1. The van der Waals surface area contributed by atoms with E-state index in [0.29, 0.717) is 34.8 Å². The number of carbonyl (C=O) groups is 3. The van der Waals surface area contributed by atoms with Crippen LogP contribution in [0.4, 0.5) is 13.2 Å². The minimum atomic E-state index is -2.35. The second-order valence-corrected chi connectivity index (χ2v) is 18.7. The zero-order chi connectivity index (χ0) is 46.4. The number of aliphatic hydroxyl groups is 2. The minimum absolute atomic E-state index is 0.00739. The van der Waals surface area contributed by atoms with Crippen LogP contribution in [0.25, 0.3) is 10.9 Å². The monoisotopic (exact) mass is 906 g/mol. The van der Waals surface area contributed by atoms with Crippen LogP contribution in [0, 0.1) is 28.6 Å². The first-order chi connectivity index (χ1) is 30.3. The Kier molecular flexibility index (Phi) is 13.2. The third-order valence-electron chi connectivity index (χ3n) is 14.3. The van der Waals surface area contributed by atoms with Gasteiger partial charge in [0.1, 0.15) is 23.7 Å². The summed E-state index contributed by atoms with van der Waals surface area (Å²) in [6.45, 7) is 7.21. The molecule has 16 heteroatoms. The number of nitrogens with one attached hydrogen (secondary N) is 2. The number of aromatic nitrogens is 1. The second kappa shape index (κ2) is 18.0. The summed E-state index contributed by atoms with van der Waals surface area (Å²) in [6, 6.07) is 16.0. The van der Waals surface area contributed by atoms with Crippen molar-refractivity contribution in [3.8, 4) is 11.5 Å². The van der Waals surface area contributed by atoms with Crippen LogP contribution in [0.15, 0.2) is 99.9 Å². The molecule has 0 radical (unpaired) electrons. The van der Waals surface area contributed by atoms with Crippen molar-refractivity contribution in [1.29, 1.82) is 0 Å². The molecule has 3 saturated carbocycles. The van der Waals surface area contributed by atoms with E-state index in [4.69, 9.17) is 13.9 Å². The number of ether oxygens (including phenoxy) is 2. The van der Waals surface area contributed by atoms with Gasteiger partial charge in [0.15, 0.2) is 17.1 Å². The van der Waals surface area contributed by atoms with Gasteiger partial charge in [-0.05, 0) is 122 Å². The van der Waals surface area contributed by atoms with Crippen LogP contribution in [0.1, 0.15) is 74.7 Å². The molecule has 2 heterocycles. The number of thioether (sulfide) groups is 1. The van der Waals surface area contributed by atoms with Crippen molar-refractivity contribution >= 4 is 39.5 Å². The zero-order valence-corrected chi connectivity index (χ0v) is 36.9. The van der Waals surface area contributed by atoms with Crippen LogP contribution in [0.5, 0.6) is 11.5 Å². The molecule has 64 heavy (non-hydrogen) atoms. The Hall–Kier alpha value is -5.16. The van der Waals surface area contributed by atoms with Crippen LogP contribution >= 0.6 is 11.8 Å². The molecule has 342 valence electrons. The molecule has 8 rings (SSSR count). The summed E-state index contributed by atoms with van der Waals surface area (Å²) < 4.78 is 62.7. The van der Waals surface area contributed by atoms with Gasteiger partial charge in [0, 0.05) is 46.7 Å². The number of aromatic hydroxyl groups is 1. The van der Waals surface area contributed by atoms with Crippen LogP contribution in [0.2, 0.25) is 0 Å². The highest BCUT2D eigenvalue weighted by atomic mass is 32.2. The highest BCUT2D eigenvalue weighted by molar-refractivity contribution is 8.13. The van der Waals surface area contributed by atoms with Gasteiger partial charge in [-0.25, -0.2) is 18.0 Å². The van der Waals surface area contributed by atoms with Crippen LogP contribution in [0.3, 0.4) is 0 Å². The van der Waals surface area contributed by atoms with E-state index >= 15 is 8.78 Å². The van der Waals surface area contributed by atoms with Crippen LogP contribution in [-0.4, -0.2) is 86.4 Å². The number of phenols is 1. The third kappa shape index (κ3) is 7.89. The van der Waals surface area contributed by atoms with E-state index in [0.717, 1.165) is 18.2 Å². The molecular weight excluding hydrogens is 854 g/mol. The summed E-state index contributed by atoms with van der Waals surface area (Å²) in [5, 5.41) is 35.3. The first kappa shape index (κ1) is 46.8. The Morgan fingerprint density at radius 2 is 1.80 bits per heavy atom. The lowest BCUT2D eigenvalue weighted by molar-refractivity contribution is -0.221. The van der Waals surface area contributed by atoms with Gasteiger partial charge < -0.3 is 39.5 Å². The van der Waals surface area contributed by atoms with Crippen molar-refractivity contribution < 1.29 is 56.8 Å². The smallest absolute Gasteiger partial charge is 0.375 e. The topological polar surface area (TPSA) is 188 Å². The van der Waals surface area contributed by atoms with E-state index in [1.54, 1.807) is 33.1 Å². The van der Waals surface area contributed by atoms with E-state index < -0.39 is 81.1 Å². The SMILES string of the molecule is COc1ccc(C[C@@H](C)NC[C@H](O)c2ccc(O)c3[nH]c(=O)ccc23)cc1.C[C@@H]1C[C@H]2[C@@H]3C[C@H](F)C4=CC(=O)C=C[C@]4(C)[C@@]3(F)[C@@H](O)C[C@]2(C)[C@@]1(OC(=O)c1ccco1)C(=O)SCF. The quantitative estimate of drug-likeness (QED) is 0.0939. The number of hydrogen-bond acceptors (Lipinski definition) is 12. The molecule has 4 aliphatic carbocycles. The summed E-state index contributed by atoms with van der Waals surface area (Å²) in [6.07, 6.45) is 1.21. The van der Waals surface area contributed by atoms with Crippen molar-refractivity contribution in [1.82, 2.24) is 10.3 Å². The van der Waals surface area contributed by atoms with Crippen LogP contribution in [-0.2, 0) is 20.7 Å². The number of furan rings is 1. The fraction of sp³-hybridized carbons (Fsp3) is 0.458. The maximum absolute atomic E-state index is 17.4. The van der Waals surface area contributed by atoms with Crippen LogP contribution < -0.4 is 15.6 Å². The zero-order valence-electron chi connectivity index (χ0n) is 36.1. The largest absolute Gasteiger partial charge is 0.506 e. The van der Waals surface area contributed by atoms with E-state index in [2.05, 4.69) is 17.2 Å². The Bertz CT molecular complexity index is 2510. The summed E-state index contributed by atoms with van der Waals surface area (Å²) in [7, 11) is 1.64. The van der Waals surface area contributed by atoms with Crippen molar-refractivity contribution in [2.75, 3.05) is 19.7 Å². The van der Waals surface area contributed by atoms with Crippen molar-refractivity contribution in [3.05, 3.63) is 118 Å². The van der Waals surface area contributed by atoms with Crippen molar-refractivity contribution in [2.45, 2.75) is 89.1 Å². The molecule has 2 aromatic carbocycles. The highest BCUT2D eigenvalue weighted by Gasteiger charge is 2.78. The van der Waals surface area contributed by atoms with Gasteiger partial charge in [0.2, 0.25) is 16.4 Å². The Morgan fingerprint density at radius 3 is 2.47 bits per heavy atom. The molecule has 0 aliphatic heterocycles. The minimum Gasteiger partial charge on any atom is -0.506 e. The number of rotatable bonds is 11. The fourth-order valence-corrected chi connectivity index (χ4v) is 11.9. The van der Waals surface area contributed by atoms with E-state index in [1.165, 1.54) is 55.2 Å². The number of pyridine rings is 1. The predicted octanol–water partition coefficient (Wildman–Crippen LogP) is 7.42. The number of aromatic amines is 1. The maximum Gasteiger partial charge on any atom is 0.375 e. The van der Waals surface area contributed by atoms with E-state index in [-0.39, 0.29) is 47.9 Å². The van der Waals surface area contributed by atoms with E-state index in [9.17, 15) is 38.9 Å². The Balaban J connectivity index is 0.000000201. The number of hydrogen-bond donors (Lipinski definition) is 5. The average Bonchev–Trinajstić information content (AvgIpc) is 3.88. The normalized spacial score (nSPS) is 31.4. The number of methoxy groups -OCH3 is 1. The second-order valence-electron chi connectivity index (χ2n) is 17.8. The van der Waals surface area contributed by atoms with Crippen molar-refractivity contribution in [2.24, 2.45) is 28.6 Å². The predicted molar refractivity (Wildman–Crippen MR) is 234 cm³/mol. The number of benzene rings is 2. The number of fused-ring (bicyclic) bond motifs is 6. The number of phenolic OH excluding ortho intramolecular Hbond substituents is 1. The number of carbonyl (C=O) groups excluding carboxylic acids is 3. The van der Waals surface area contributed by atoms with Gasteiger partial charge in [-0.2, -0.15) is 0 Å². The highest BCUT2D eigenvalue weighted by Crippen LogP contribution is 2.72. The molecule has 0 bridgehead atoms. The fourth-order valence-electron chi connectivity index (χ4n) is 11.1. The van der Waals surface area contributed by atoms with E-state index in [1.807, 2.05) is 24.3 Å². The molecule has 4 aromatic rings. The van der Waals surface area contributed by atoms with Gasteiger partial charge in [-0.1, -0.05) is 38.1 Å². The summed E-state index contributed by atoms with van der Waals surface area (Å²) in [4.78, 5) is 52.8. The third-order valence-corrected chi connectivity index (χ3v) is 14.9. The number of alkyl halides is 3. The van der Waals surface area contributed by atoms with Crippen molar-refractivity contribution in [3.63, 3.8) is 0 Å². The number of aliphatic hydroxyl groups excluding tert-OH is 2. The molecule has 12 nitrogen and oxygen atoms in total. The lowest BCUT2D eigenvalue weighted by Crippen LogP contribution is -2.70. The lowest BCUT2D eigenvalue weighted by atomic mass is 9.44. The average molecular weight is 907 g/mol. The molecule has 5 N–H and O–H groups in total. The Morgan fingerprint density at radius 1 is 1.06 bits per heavy atom. The molecule has 0 spiro atoms. The molecule has 0 amide bonds.